The van der Waals surface area contributed by atoms with Gasteiger partial charge in [0.15, 0.2) is 5.76 Å². The number of rotatable bonds is 12. The fraction of sp³-hybridized carbons (Fsp3) is 0.0536. The molecule has 0 spiro atoms. The van der Waals surface area contributed by atoms with E-state index in [4.69, 9.17) is 4.99 Å². The topological polar surface area (TPSA) is 130 Å². The average Bonchev–Trinajstić information content (AvgIpc) is 3.89. The van der Waals surface area contributed by atoms with Gasteiger partial charge in [0, 0.05) is 70.3 Å². The van der Waals surface area contributed by atoms with Crippen LogP contribution in [0.1, 0.15) is 35.3 Å². The van der Waals surface area contributed by atoms with Crippen LogP contribution in [0.25, 0.3) is 76.0 Å². The number of aliphatic imine (C=N–C) groups is 1. The molecule has 1 atom stereocenters. The van der Waals surface area contributed by atoms with Gasteiger partial charge in [0.1, 0.15) is 6.17 Å². The maximum Gasteiger partial charge on any atom is 0.322 e. The van der Waals surface area contributed by atoms with E-state index in [1.54, 1.807) is 11.3 Å². The van der Waals surface area contributed by atoms with Crippen molar-refractivity contribution in [3.63, 3.8) is 0 Å². The molecule has 0 aliphatic rings. The van der Waals surface area contributed by atoms with Gasteiger partial charge in [0.2, 0.25) is 11.5 Å². The Kier molecular flexibility index (Phi) is 11.1. The number of aromatic nitrogens is 1. The van der Waals surface area contributed by atoms with Gasteiger partial charge in [-0.05, 0) is 65.9 Å². The number of hydrogen-bond acceptors (Lipinski definition) is 8. The molecule has 0 aliphatic carbocycles. The first-order chi connectivity index (χ1) is 31.5. The Hall–Kier alpha value is -8.27. The van der Waals surface area contributed by atoms with E-state index >= 15 is 0 Å². The molecular weight excluding hydrogens is 827 g/mol. The summed E-state index contributed by atoms with van der Waals surface area (Å²) in [6.45, 7) is 16.3. The van der Waals surface area contributed by atoms with E-state index in [1.165, 1.54) is 10.8 Å². The third kappa shape index (κ3) is 7.47. The van der Waals surface area contributed by atoms with Crippen molar-refractivity contribution < 1.29 is 25.5 Å². The molecule has 0 bridgehead atoms. The van der Waals surface area contributed by atoms with E-state index in [-0.39, 0.29) is 11.3 Å². The van der Waals surface area contributed by atoms with E-state index in [0.717, 1.165) is 81.4 Å². The van der Waals surface area contributed by atoms with Crippen LogP contribution >= 0.6 is 11.3 Å². The van der Waals surface area contributed by atoms with E-state index in [9.17, 15) is 25.5 Å². The zero-order chi connectivity index (χ0) is 45.5. The molecule has 0 saturated heterocycles. The molecule has 9 rings (SSSR count). The second-order valence-electron chi connectivity index (χ2n) is 15.8. The minimum absolute atomic E-state index is 0.0616. The number of nitrogens with zero attached hydrogens (tertiary/aromatic N) is 2. The van der Waals surface area contributed by atoms with Crippen LogP contribution in [0.5, 0.6) is 0 Å². The van der Waals surface area contributed by atoms with Crippen molar-refractivity contribution in [3.8, 4) is 27.9 Å². The Bertz CT molecular complexity index is 3500. The number of benzene rings is 7. The van der Waals surface area contributed by atoms with Crippen LogP contribution in [0.2, 0.25) is 0 Å². The highest BCUT2D eigenvalue weighted by Gasteiger charge is 2.24. The average molecular weight is 872 g/mol. The van der Waals surface area contributed by atoms with Crippen molar-refractivity contribution in [2.45, 2.75) is 20.0 Å². The minimum atomic E-state index is -1.57. The zero-order valence-electron chi connectivity index (χ0n) is 35.7. The summed E-state index contributed by atoms with van der Waals surface area (Å²) >= 11 is 1.63. The van der Waals surface area contributed by atoms with Gasteiger partial charge in [-0.2, -0.15) is 0 Å². The smallest absolute Gasteiger partial charge is 0.322 e. The van der Waals surface area contributed by atoms with Crippen molar-refractivity contribution in [1.29, 1.82) is 0 Å². The van der Waals surface area contributed by atoms with Gasteiger partial charge in [-0.1, -0.05) is 153 Å². The molecule has 6 N–H and O–H groups in total. The molecule has 0 radical (unpaired) electrons. The summed E-state index contributed by atoms with van der Waals surface area (Å²) in [6, 6.07) is 52.5. The highest BCUT2D eigenvalue weighted by atomic mass is 32.1. The van der Waals surface area contributed by atoms with E-state index in [2.05, 4.69) is 146 Å². The molecule has 8 nitrogen and oxygen atoms in total. The molecule has 9 aromatic rings. The molecule has 2 aromatic heterocycles. The number of aryl methyl sites for hydroxylation is 1. The summed E-state index contributed by atoms with van der Waals surface area (Å²) in [5, 5.41) is 57.6. The molecule has 0 saturated carbocycles. The first-order valence-electron chi connectivity index (χ1n) is 20.9. The highest BCUT2D eigenvalue weighted by molar-refractivity contribution is 7.26. The molecule has 0 amide bonds. The second kappa shape index (κ2) is 17.1. The van der Waals surface area contributed by atoms with Crippen LogP contribution in [0, 0.1) is 6.92 Å². The maximum absolute atomic E-state index is 10.8. The largest absolute Gasteiger partial charge is 0.504 e. The van der Waals surface area contributed by atoms with Crippen molar-refractivity contribution >= 4 is 65.1 Å². The monoisotopic (exact) mass is 871 g/mol. The fourth-order valence-corrected chi connectivity index (χ4v) is 9.99. The summed E-state index contributed by atoms with van der Waals surface area (Å²) in [5.41, 5.74) is 11.9. The molecule has 2 heterocycles. The Morgan fingerprint density at radius 3 is 2.08 bits per heavy atom. The van der Waals surface area contributed by atoms with Gasteiger partial charge in [-0.15, -0.1) is 11.3 Å². The third-order valence-corrected chi connectivity index (χ3v) is 13.1. The van der Waals surface area contributed by atoms with Crippen LogP contribution in [0.4, 0.5) is 0 Å². The number of nitrogens with one attached hydrogen (secondary N) is 1. The molecule has 9 heteroatoms. The van der Waals surface area contributed by atoms with Gasteiger partial charge in [0.25, 0.3) is 0 Å². The summed E-state index contributed by atoms with van der Waals surface area (Å²) in [7, 11) is 0. The first kappa shape index (κ1) is 42.1. The molecule has 0 fully saturated rings. The summed E-state index contributed by atoms with van der Waals surface area (Å²) in [5.74, 6) is -4.97. The number of aliphatic hydroxyl groups is 5. The molecular formula is C56H45N3O5S. The van der Waals surface area contributed by atoms with Crippen molar-refractivity contribution in [2.75, 3.05) is 0 Å². The number of hydrogen-bond donors (Lipinski definition) is 6. The van der Waals surface area contributed by atoms with Gasteiger partial charge >= 0.3 is 5.95 Å². The second-order valence-corrected chi connectivity index (χ2v) is 16.9. The number of aliphatic hydroxyl groups excluding tert-OH is 4. The van der Waals surface area contributed by atoms with Gasteiger partial charge in [-0.25, -0.2) is 0 Å². The van der Waals surface area contributed by atoms with Crippen molar-refractivity contribution in [2.24, 2.45) is 4.99 Å². The fourth-order valence-electron chi connectivity index (χ4n) is 8.75. The van der Waals surface area contributed by atoms with Gasteiger partial charge in [0.05, 0.1) is 11.0 Å². The van der Waals surface area contributed by atoms with Crippen LogP contribution in [0.3, 0.4) is 0 Å². The lowest BCUT2D eigenvalue weighted by molar-refractivity contribution is 0.149. The van der Waals surface area contributed by atoms with Crippen molar-refractivity contribution in [1.82, 2.24) is 9.88 Å². The molecule has 0 aliphatic heterocycles. The predicted octanol–water partition coefficient (Wildman–Crippen LogP) is 14.8. The lowest BCUT2D eigenvalue weighted by Gasteiger charge is -2.22. The molecule has 65 heavy (non-hydrogen) atoms. The quantitative estimate of drug-likeness (QED) is 0.0412. The normalized spacial score (nSPS) is 12.6. The summed E-state index contributed by atoms with van der Waals surface area (Å²) < 4.78 is 4.46. The standard InChI is InChI=1S/C56H45N3O5S/c1-6-38-40(35(5)58-55(57-34(4)33(3)51(60)52(61)53(62)56(63)64)47-26-16-25-46-44-20-11-13-28-49(44)65-54(46)47)21-14-23-42(38)39-30-29-37(31-32(39)2)59-48-27-12-10-19-43(48)45-24-15-22-41(50(45)59)36-17-8-7-9-18-36/h6-31,55,57,60-64H,1,3-4H2,2,5H3/b52-51-,58-35+. The minimum Gasteiger partial charge on any atom is -0.504 e. The lowest BCUT2D eigenvalue weighted by atomic mass is 9.91. The summed E-state index contributed by atoms with van der Waals surface area (Å²) in [4.78, 5) is 5.29. The Balaban J connectivity index is 1.14. The van der Waals surface area contributed by atoms with E-state index in [1.807, 2.05) is 55.5 Å². The Morgan fingerprint density at radius 1 is 0.662 bits per heavy atom. The van der Waals surface area contributed by atoms with Crippen LogP contribution in [-0.2, 0) is 0 Å². The molecule has 1 unspecified atom stereocenters. The van der Waals surface area contributed by atoms with Gasteiger partial charge < -0.3 is 35.4 Å². The Morgan fingerprint density at radius 2 is 1.32 bits per heavy atom. The molecule has 7 aromatic carbocycles. The zero-order valence-corrected chi connectivity index (χ0v) is 36.6. The Labute approximate surface area is 380 Å². The summed E-state index contributed by atoms with van der Waals surface area (Å²) in [6.07, 6.45) is 1.06. The van der Waals surface area contributed by atoms with Crippen LogP contribution in [-0.4, -0.2) is 35.8 Å². The van der Waals surface area contributed by atoms with Gasteiger partial charge in [-0.3, -0.25) is 4.99 Å². The lowest BCUT2D eigenvalue weighted by Crippen LogP contribution is -2.22. The third-order valence-electron chi connectivity index (χ3n) is 11.9. The van der Waals surface area contributed by atoms with Crippen LogP contribution < -0.4 is 5.32 Å². The van der Waals surface area contributed by atoms with E-state index < -0.39 is 29.4 Å². The number of para-hydroxylation sites is 2. The predicted molar refractivity (Wildman–Crippen MR) is 269 cm³/mol. The van der Waals surface area contributed by atoms with Crippen LogP contribution in [0.15, 0.2) is 211 Å². The van der Waals surface area contributed by atoms with E-state index in [0.29, 0.717) is 5.71 Å². The first-order valence-corrected chi connectivity index (χ1v) is 21.8. The number of thiophene rings is 1. The molecule has 320 valence electrons. The SMILES string of the molecule is C=Cc1c(/C(C)=N/C(NC(=C)C(=C)/C(O)=C(/O)C(O)=C(O)O)c2cccc3c2sc2ccccc23)cccc1-c1ccc(-n2c3ccccc3c3cccc(-c4ccccc4)c32)cc1C. The maximum atomic E-state index is 10.8. The number of fused-ring (bicyclic) bond motifs is 6. The highest BCUT2D eigenvalue weighted by Crippen LogP contribution is 2.41. The van der Waals surface area contributed by atoms with Crippen molar-refractivity contribution in [3.05, 3.63) is 228 Å².